The van der Waals surface area contributed by atoms with E-state index in [0.29, 0.717) is 13.1 Å². The van der Waals surface area contributed by atoms with Gasteiger partial charge in [0.2, 0.25) is 0 Å². The van der Waals surface area contributed by atoms with Gasteiger partial charge in [-0.3, -0.25) is 0 Å². The third-order valence-corrected chi connectivity index (χ3v) is 5.00. The van der Waals surface area contributed by atoms with Crippen LogP contribution in [0.25, 0.3) is 5.57 Å². The molecule has 4 nitrogen and oxygen atoms in total. The Morgan fingerprint density at radius 3 is 2.62 bits per heavy atom. The van der Waals surface area contributed by atoms with Crippen LogP contribution in [0.3, 0.4) is 0 Å². The lowest BCUT2D eigenvalue weighted by molar-refractivity contribution is -0.0179. The van der Waals surface area contributed by atoms with E-state index >= 15 is 0 Å². The van der Waals surface area contributed by atoms with Crippen molar-refractivity contribution in [3.8, 4) is 5.75 Å². The molecule has 1 aromatic carbocycles. The van der Waals surface area contributed by atoms with Crippen molar-refractivity contribution < 1.29 is 14.3 Å². The van der Waals surface area contributed by atoms with Crippen molar-refractivity contribution in [1.29, 1.82) is 0 Å². The molecule has 2 aliphatic heterocycles. The maximum absolute atomic E-state index is 12.2. The molecule has 24 heavy (non-hydrogen) atoms. The summed E-state index contributed by atoms with van der Waals surface area (Å²) in [6.07, 6.45) is 2.15. The largest absolute Gasteiger partial charge is 0.486 e. The molecule has 0 atom stereocenters. The van der Waals surface area contributed by atoms with Crippen molar-refractivity contribution in [1.82, 2.24) is 4.90 Å². The molecule has 0 radical (unpaired) electrons. The summed E-state index contributed by atoms with van der Waals surface area (Å²) in [5.41, 5.74) is 1.46. The van der Waals surface area contributed by atoms with Crippen LogP contribution in [0.5, 0.6) is 5.75 Å². The first-order valence-corrected chi connectivity index (χ1v) is 9.11. The zero-order chi connectivity index (χ0) is 17.5. The highest BCUT2D eigenvalue weighted by Gasteiger charge is 2.42. The molecule has 2 aliphatic rings. The fraction of sp³-hybridized carbons (Fsp3) is 0.526. The second-order valence-electron chi connectivity index (χ2n) is 7.67. The maximum Gasteiger partial charge on any atom is 0.410 e. The van der Waals surface area contributed by atoms with Gasteiger partial charge in [-0.05, 0) is 44.5 Å². The monoisotopic (exact) mass is 393 g/mol. The number of carbonyl (C=O) groups excluding carboxylic acids is 1. The number of carbonyl (C=O) groups is 1. The molecule has 0 bridgehead atoms. The van der Waals surface area contributed by atoms with Crippen molar-refractivity contribution >= 4 is 27.6 Å². The van der Waals surface area contributed by atoms with Crippen molar-refractivity contribution in [2.75, 3.05) is 13.1 Å². The molecule has 130 valence electrons. The Kier molecular flexibility index (Phi) is 4.41. The standard InChI is InChI=1S/C19H24BrNO3/c1-13-12-19(23-16-6-5-14(20)11-15(13)16)7-9-21(10-8-19)17(22)24-18(2,3)4/h5-6,11H,1,7-10,12H2,2-4H3. The third kappa shape index (κ3) is 3.61. The van der Waals surface area contributed by atoms with Crippen LogP contribution in [0.4, 0.5) is 4.79 Å². The number of fused-ring (bicyclic) bond motifs is 1. The van der Waals surface area contributed by atoms with Gasteiger partial charge in [-0.15, -0.1) is 0 Å². The van der Waals surface area contributed by atoms with Crippen LogP contribution in [0, 0.1) is 0 Å². The minimum absolute atomic E-state index is 0.240. The topological polar surface area (TPSA) is 38.8 Å². The lowest BCUT2D eigenvalue weighted by Gasteiger charge is -2.45. The van der Waals surface area contributed by atoms with Gasteiger partial charge in [0, 0.05) is 42.4 Å². The van der Waals surface area contributed by atoms with Gasteiger partial charge in [-0.25, -0.2) is 4.79 Å². The van der Waals surface area contributed by atoms with Crippen LogP contribution in [-0.2, 0) is 4.74 Å². The van der Waals surface area contributed by atoms with Crippen molar-refractivity contribution in [2.24, 2.45) is 0 Å². The molecular formula is C19H24BrNO3. The number of hydrogen-bond acceptors (Lipinski definition) is 3. The highest BCUT2D eigenvalue weighted by Crippen LogP contribution is 2.45. The fourth-order valence-corrected chi connectivity index (χ4v) is 3.68. The third-order valence-electron chi connectivity index (χ3n) is 4.51. The minimum atomic E-state index is -0.464. The summed E-state index contributed by atoms with van der Waals surface area (Å²) in [7, 11) is 0. The van der Waals surface area contributed by atoms with E-state index < -0.39 is 5.60 Å². The summed E-state index contributed by atoms with van der Waals surface area (Å²) in [4.78, 5) is 14.0. The van der Waals surface area contributed by atoms with E-state index in [4.69, 9.17) is 9.47 Å². The minimum Gasteiger partial charge on any atom is -0.486 e. The van der Waals surface area contributed by atoms with E-state index in [1.54, 1.807) is 4.90 Å². The van der Waals surface area contributed by atoms with Crippen molar-refractivity contribution in [3.63, 3.8) is 0 Å². The summed E-state index contributed by atoms with van der Waals surface area (Å²) in [5.74, 6) is 0.889. The SMILES string of the molecule is C=C1CC2(CCN(C(=O)OC(C)(C)C)CC2)Oc2ccc(Br)cc21. The quantitative estimate of drug-likeness (QED) is 0.621. The number of nitrogens with zero attached hydrogens (tertiary/aromatic N) is 1. The fourth-order valence-electron chi connectivity index (χ4n) is 3.32. The summed E-state index contributed by atoms with van der Waals surface area (Å²) in [6.45, 7) is 11.2. The van der Waals surface area contributed by atoms with Crippen LogP contribution in [0.1, 0.15) is 45.6 Å². The summed E-state index contributed by atoms with van der Waals surface area (Å²) in [6, 6.07) is 6.03. The number of ether oxygens (including phenoxy) is 2. The Hall–Kier alpha value is -1.49. The van der Waals surface area contributed by atoms with Crippen LogP contribution in [0.2, 0.25) is 0 Å². The number of benzene rings is 1. The number of rotatable bonds is 0. The van der Waals surface area contributed by atoms with Crippen LogP contribution < -0.4 is 4.74 Å². The molecule has 0 aliphatic carbocycles. The summed E-state index contributed by atoms with van der Waals surface area (Å²) in [5, 5.41) is 0. The van der Waals surface area contributed by atoms with Gasteiger partial charge in [0.1, 0.15) is 17.0 Å². The Morgan fingerprint density at radius 1 is 1.33 bits per heavy atom. The average Bonchev–Trinajstić information content (AvgIpc) is 2.47. The first-order chi connectivity index (χ1) is 11.2. The van der Waals surface area contributed by atoms with Gasteiger partial charge in [0.05, 0.1) is 0 Å². The first kappa shape index (κ1) is 17.3. The van der Waals surface area contributed by atoms with E-state index in [0.717, 1.165) is 40.6 Å². The average molecular weight is 394 g/mol. The highest BCUT2D eigenvalue weighted by molar-refractivity contribution is 9.10. The molecule has 3 rings (SSSR count). The normalized spacial score (nSPS) is 19.7. The van der Waals surface area contributed by atoms with Crippen molar-refractivity contribution in [2.45, 2.75) is 51.2 Å². The van der Waals surface area contributed by atoms with Gasteiger partial charge in [-0.1, -0.05) is 22.5 Å². The maximum atomic E-state index is 12.2. The number of piperidine rings is 1. The number of halogens is 1. The second kappa shape index (κ2) is 6.10. The Balaban J connectivity index is 1.69. The highest BCUT2D eigenvalue weighted by atomic mass is 79.9. The molecule has 1 saturated heterocycles. The molecule has 0 unspecified atom stereocenters. The number of hydrogen-bond donors (Lipinski definition) is 0. The Bertz CT molecular complexity index is 670. The predicted molar refractivity (Wildman–Crippen MR) is 98.2 cm³/mol. The van der Waals surface area contributed by atoms with Gasteiger partial charge >= 0.3 is 6.09 Å². The lowest BCUT2D eigenvalue weighted by Crippen LogP contribution is -2.51. The van der Waals surface area contributed by atoms with Crippen molar-refractivity contribution in [3.05, 3.63) is 34.8 Å². The number of likely N-dealkylation sites (tertiary alicyclic amines) is 1. The molecule has 5 heteroatoms. The molecule has 1 amide bonds. The zero-order valence-electron chi connectivity index (χ0n) is 14.5. The lowest BCUT2D eigenvalue weighted by atomic mass is 9.81. The van der Waals surface area contributed by atoms with Crippen LogP contribution in [-0.4, -0.2) is 35.3 Å². The molecule has 1 aromatic rings. The molecule has 0 aromatic heterocycles. The smallest absolute Gasteiger partial charge is 0.410 e. The molecule has 1 spiro atoms. The second-order valence-corrected chi connectivity index (χ2v) is 8.59. The van der Waals surface area contributed by atoms with Gasteiger partial charge in [0.25, 0.3) is 0 Å². The molecule has 2 heterocycles. The molecule has 0 saturated carbocycles. The summed E-state index contributed by atoms with van der Waals surface area (Å²) < 4.78 is 12.9. The number of amides is 1. The molecule has 1 fully saturated rings. The zero-order valence-corrected chi connectivity index (χ0v) is 16.1. The van der Waals surface area contributed by atoms with E-state index in [1.807, 2.05) is 32.9 Å². The van der Waals surface area contributed by atoms with Gasteiger partial charge in [0.15, 0.2) is 0 Å². The summed E-state index contributed by atoms with van der Waals surface area (Å²) >= 11 is 3.50. The van der Waals surface area contributed by atoms with E-state index in [9.17, 15) is 4.79 Å². The Labute approximate surface area is 151 Å². The van der Waals surface area contributed by atoms with Crippen LogP contribution in [0.15, 0.2) is 29.3 Å². The van der Waals surface area contributed by atoms with E-state index in [-0.39, 0.29) is 11.7 Å². The van der Waals surface area contributed by atoms with Crippen LogP contribution >= 0.6 is 15.9 Å². The Morgan fingerprint density at radius 2 is 2.00 bits per heavy atom. The van der Waals surface area contributed by atoms with E-state index in [2.05, 4.69) is 28.6 Å². The van der Waals surface area contributed by atoms with Gasteiger partial charge in [-0.2, -0.15) is 0 Å². The predicted octanol–water partition coefficient (Wildman–Crippen LogP) is 5.01. The first-order valence-electron chi connectivity index (χ1n) is 8.32. The molecular weight excluding hydrogens is 370 g/mol. The molecule has 0 N–H and O–H groups in total. The van der Waals surface area contributed by atoms with E-state index in [1.165, 1.54) is 0 Å². The van der Waals surface area contributed by atoms with Gasteiger partial charge < -0.3 is 14.4 Å².